The van der Waals surface area contributed by atoms with Crippen LogP contribution in [0.5, 0.6) is 0 Å². The summed E-state index contributed by atoms with van der Waals surface area (Å²) in [6.45, 7) is 8.26. The van der Waals surface area contributed by atoms with Crippen LogP contribution in [0.15, 0.2) is 24.5 Å². The zero-order chi connectivity index (χ0) is 15.9. The third kappa shape index (κ3) is 4.96. The lowest BCUT2D eigenvalue weighted by atomic mass is 10.0. The van der Waals surface area contributed by atoms with Gasteiger partial charge in [0.2, 0.25) is 0 Å². The second-order valence-electron chi connectivity index (χ2n) is 6.09. The molecule has 0 saturated carbocycles. The molecule has 0 unspecified atom stereocenters. The zero-order valence-electron chi connectivity index (χ0n) is 13.3. The fourth-order valence-corrected chi connectivity index (χ4v) is 2.75. The first kappa shape index (κ1) is 16.7. The van der Waals surface area contributed by atoms with E-state index in [1.807, 2.05) is 0 Å². The minimum atomic E-state index is -0.202. The van der Waals surface area contributed by atoms with Crippen LogP contribution in [0.1, 0.15) is 30.6 Å². The molecule has 1 aliphatic heterocycles. The van der Waals surface area contributed by atoms with Gasteiger partial charge in [-0.25, -0.2) is 0 Å². The number of nitrogens with one attached hydrogen (secondary N) is 1. The Morgan fingerprint density at radius 1 is 1.45 bits per heavy atom. The molecule has 1 amide bonds. The van der Waals surface area contributed by atoms with Crippen molar-refractivity contribution < 1.29 is 14.3 Å². The number of rotatable bonds is 6. The fraction of sp³-hybridized carbons (Fsp3) is 0.625. The van der Waals surface area contributed by atoms with Gasteiger partial charge >= 0.3 is 0 Å². The molecule has 0 bridgehead atoms. The van der Waals surface area contributed by atoms with Crippen molar-refractivity contribution in [2.75, 3.05) is 32.8 Å². The van der Waals surface area contributed by atoms with Gasteiger partial charge in [-0.05, 0) is 18.4 Å². The number of morpholine rings is 1. The van der Waals surface area contributed by atoms with Crippen LogP contribution in [0, 0.1) is 11.1 Å². The van der Waals surface area contributed by atoms with Gasteiger partial charge < -0.3 is 15.3 Å². The van der Waals surface area contributed by atoms with Crippen molar-refractivity contribution in [1.29, 1.82) is 0 Å². The number of carbonyl (C=O) groups is 1. The monoisotopic (exact) mass is 307 g/mol. The van der Waals surface area contributed by atoms with Gasteiger partial charge in [0.25, 0.3) is 5.91 Å². The second kappa shape index (κ2) is 8.10. The number of aromatic nitrogens is 1. The van der Waals surface area contributed by atoms with E-state index in [9.17, 15) is 10.0 Å². The van der Waals surface area contributed by atoms with Crippen LogP contribution >= 0.6 is 0 Å². The number of ether oxygens (including phenoxy) is 1. The van der Waals surface area contributed by atoms with Crippen LogP contribution in [0.3, 0.4) is 0 Å². The normalized spacial score (nSPS) is 17.4. The Balaban J connectivity index is 1.93. The van der Waals surface area contributed by atoms with Gasteiger partial charge in [0.1, 0.15) is 5.56 Å². The maximum absolute atomic E-state index is 12.2. The molecule has 0 radical (unpaired) electrons. The van der Waals surface area contributed by atoms with Gasteiger partial charge in [-0.3, -0.25) is 9.69 Å². The highest BCUT2D eigenvalue weighted by Gasteiger charge is 2.22. The predicted molar refractivity (Wildman–Crippen MR) is 83.4 cm³/mol. The van der Waals surface area contributed by atoms with Crippen molar-refractivity contribution >= 4 is 5.91 Å². The summed E-state index contributed by atoms with van der Waals surface area (Å²) < 4.78 is 6.04. The first-order valence-corrected chi connectivity index (χ1v) is 7.85. The summed E-state index contributed by atoms with van der Waals surface area (Å²) in [6.07, 6.45) is 3.68. The summed E-state index contributed by atoms with van der Waals surface area (Å²) in [5.74, 6) is 0.359. The van der Waals surface area contributed by atoms with E-state index in [0.717, 1.165) is 32.7 Å². The fourth-order valence-electron chi connectivity index (χ4n) is 2.75. The molecular formula is C16H25N3O3. The Morgan fingerprint density at radius 2 is 2.18 bits per heavy atom. The van der Waals surface area contributed by atoms with Crippen molar-refractivity contribution in [3.8, 4) is 0 Å². The van der Waals surface area contributed by atoms with E-state index in [4.69, 9.17) is 4.74 Å². The molecule has 1 fully saturated rings. The smallest absolute Gasteiger partial charge is 0.257 e. The van der Waals surface area contributed by atoms with Crippen LogP contribution in [-0.4, -0.2) is 49.7 Å². The molecule has 122 valence electrons. The Labute approximate surface area is 131 Å². The predicted octanol–water partition coefficient (Wildman–Crippen LogP) is 0.797. The third-order valence-electron chi connectivity index (χ3n) is 3.84. The summed E-state index contributed by atoms with van der Waals surface area (Å²) >= 11 is 0. The molecule has 22 heavy (non-hydrogen) atoms. The maximum atomic E-state index is 12.2. The summed E-state index contributed by atoms with van der Waals surface area (Å²) in [6, 6.07) is 3.53. The Bertz CT molecular complexity index is 487. The number of hydrogen-bond acceptors (Lipinski definition) is 4. The van der Waals surface area contributed by atoms with Crippen LogP contribution in [-0.2, 0) is 4.74 Å². The minimum Gasteiger partial charge on any atom is -0.619 e. The van der Waals surface area contributed by atoms with Crippen molar-refractivity contribution in [2.24, 2.45) is 5.92 Å². The quantitative estimate of drug-likeness (QED) is 0.623. The lowest BCUT2D eigenvalue weighted by molar-refractivity contribution is -0.605. The molecule has 6 heteroatoms. The van der Waals surface area contributed by atoms with Crippen LogP contribution < -0.4 is 10.0 Å². The van der Waals surface area contributed by atoms with Gasteiger partial charge in [0, 0.05) is 31.7 Å². The van der Waals surface area contributed by atoms with E-state index in [2.05, 4.69) is 24.1 Å². The number of carbonyl (C=O) groups excluding carboxylic acids is 1. The Kier molecular flexibility index (Phi) is 6.15. The van der Waals surface area contributed by atoms with E-state index >= 15 is 0 Å². The molecule has 1 N–H and O–H groups in total. The second-order valence-corrected chi connectivity index (χ2v) is 6.09. The molecule has 1 aliphatic rings. The number of hydrogen-bond donors (Lipinski definition) is 1. The minimum absolute atomic E-state index is 0.202. The summed E-state index contributed by atoms with van der Waals surface area (Å²) in [5, 5.41) is 14.2. The van der Waals surface area contributed by atoms with Crippen LogP contribution in [0.4, 0.5) is 0 Å². The van der Waals surface area contributed by atoms with Crippen molar-refractivity contribution in [1.82, 2.24) is 10.2 Å². The van der Waals surface area contributed by atoms with Crippen LogP contribution in [0.25, 0.3) is 0 Å². The Morgan fingerprint density at radius 3 is 2.82 bits per heavy atom. The van der Waals surface area contributed by atoms with Gasteiger partial charge in [0.15, 0.2) is 12.4 Å². The topological polar surface area (TPSA) is 68.5 Å². The highest BCUT2D eigenvalue weighted by Crippen LogP contribution is 2.13. The molecule has 1 aromatic heterocycles. The summed E-state index contributed by atoms with van der Waals surface area (Å²) in [7, 11) is 0. The van der Waals surface area contributed by atoms with E-state index in [0.29, 0.717) is 28.8 Å². The first-order chi connectivity index (χ1) is 10.6. The SMILES string of the molecule is CC(C)C[C@H](CNC(=O)c1ccc[n+]([O-])c1)N1CCOCC1. The summed E-state index contributed by atoms with van der Waals surface area (Å²) in [5.41, 5.74) is 0.391. The molecule has 0 aliphatic carbocycles. The molecule has 1 atom stereocenters. The van der Waals surface area contributed by atoms with E-state index in [-0.39, 0.29) is 5.91 Å². The molecule has 2 rings (SSSR count). The van der Waals surface area contributed by atoms with Crippen LogP contribution in [0.2, 0.25) is 0 Å². The molecule has 6 nitrogen and oxygen atoms in total. The van der Waals surface area contributed by atoms with E-state index < -0.39 is 0 Å². The standard InChI is InChI=1S/C16H25N3O3/c1-13(2)10-15(18-6-8-22-9-7-18)11-17-16(20)14-4-3-5-19(21)12-14/h3-5,12-13,15H,6-11H2,1-2H3,(H,17,20)/t15-/m1/s1. The number of amides is 1. The zero-order valence-corrected chi connectivity index (χ0v) is 13.3. The molecule has 1 saturated heterocycles. The summed E-state index contributed by atoms with van der Waals surface area (Å²) in [4.78, 5) is 14.5. The van der Waals surface area contributed by atoms with Crippen molar-refractivity contribution in [2.45, 2.75) is 26.3 Å². The van der Waals surface area contributed by atoms with E-state index in [1.165, 1.54) is 12.4 Å². The van der Waals surface area contributed by atoms with Crippen molar-refractivity contribution in [3.05, 3.63) is 35.3 Å². The average molecular weight is 307 g/mol. The third-order valence-corrected chi connectivity index (χ3v) is 3.84. The molecule has 0 aromatic carbocycles. The van der Waals surface area contributed by atoms with E-state index in [1.54, 1.807) is 12.1 Å². The maximum Gasteiger partial charge on any atom is 0.257 e. The molecule has 2 heterocycles. The highest BCUT2D eigenvalue weighted by molar-refractivity contribution is 5.93. The molecule has 1 aromatic rings. The van der Waals surface area contributed by atoms with Crippen molar-refractivity contribution in [3.63, 3.8) is 0 Å². The lowest BCUT2D eigenvalue weighted by Crippen LogP contribution is -2.49. The largest absolute Gasteiger partial charge is 0.619 e. The molecule has 0 spiro atoms. The average Bonchev–Trinajstić information content (AvgIpc) is 2.51. The highest BCUT2D eigenvalue weighted by atomic mass is 16.5. The van der Waals surface area contributed by atoms with Gasteiger partial charge in [-0.1, -0.05) is 13.8 Å². The number of nitrogens with zero attached hydrogens (tertiary/aromatic N) is 2. The van der Waals surface area contributed by atoms with Gasteiger partial charge in [-0.15, -0.1) is 0 Å². The molecular weight excluding hydrogens is 282 g/mol. The Hall–Kier alpha value is -1.66. The first-order valence-electron chi connectivity index (χ1n) is 7.85. The number of pyridine rings is 1. The van der Waals surface area contributed by atoms with Gasteiger partial charge in [-0.2, -0.15) is 4.73 Å². The lowest BCUT2D eigenvalue weighted by Gasteiger charge is -2.35. The van der Waals surface area contributed by atoms with Gasteiger partial charge in [0.05, 0.1) is 13.2 Å².